The molecule has 2 N–H and O–H groups in total. The lowest BCUT2D eigenvalue weighted by Crippen LogP contribution is -2.35. The maximum Gasteiger partial charge on any atom is 0.435 e. The van der Waals surface area contributed by atoms with Crippen LogP contribution in [0.2, 0.25) is 0 Å². The van der Waals surface area contributed by atoms with E-state index in [-0.39, 0.29) is 24.7 Å². The van der Waals surface area contributed by atoms with Crippen molar-refractivity contribution >= 4 is 11.8 Å². The first-order valence-electron chi connectivity index (χ1n) is 8.94. The SMILES string of the molecule is COc1ncc(C(=O)NCCNC(=O)c2cn(-c3ccccc3)nc2C(F)(F)F)cn1. The van der Waals surface area contributed by atoms with Crippen molar-refractivity contribution in [2.24, 2.45) is 0 Å². The molecular weight excluding hydrogens is 417 g/mol. The molecule has 0 bridgehead atoms. The molecule has 0 saturated heterocycles. The van der Waals surface area contributed by atoms with Gasteiger partial charge >= 0.3 is 12.2 Å². The molecule has 3 rings (SSSR count). The van der Waals surface area contributed by atoms with Crippen LogP contribution in [0.4, 0.5) is 13.2 Å². The molecule has 0 spiro atoms. The van der Waals surface area contributed by atoms with Crippen LogP contribution in [-0.4, -0.2) is 51.8 Å². The highest BCUT2D eigenvalue weighted by atomic mass is 19.4. The summed E-state index contributed by atoms with van der Waals surface area (Å²) in [5.41, 5.74) is -1.38. The number of carbonyl (C=O) groups excluding carboxylic acids is 2. The standard InChI is InChI=1S/C19H17F3N6O3/c1-31-18-25-9-12(10-26-18)16(29)23-7-8-24-17(30)14-11-28(13-5-3-2-4-6-13)27-15(14)19(20,21)22/h2-6,9-11H,7-8H2,1H3,(H,23,29)(H,24,30). The largest absolute Gasteiger partial charge is 0.467 e. The molecule has 0 aliphatic heterocycles. The van der Waals surface area contributed by atoms with E-state index in [0.29, 0.717) is 5.69 Å². The van der Waals surface area contributed by atoms with E-state index in [4.69, 9.17) is 4.74 Å². The van der Waals surface area contributed by atoms with Gasteiger partial charge in [-0.05, 0) is 12.1 Å². The van der Waals surface area contributed by atoms with Crippen LogP contribution in [0.15, 0.2) is 48.9 Å². The van der Waals surface area contributed by atoms with E-state index in [9.17, 15) is 22.8 Å². The fraction of sp³-hybridized carbons (Fsp3) is 0.211. The third-order valence-electron chi connectivity index (χ3n) is 4.02. The zero-order valence-electron chi connectivity index (χ0n) is 16.2. The van der Waals surface area contributed by atoms with E-state index < -0.39 is 29.2 Å². The first kappa shape index (κ1) is 21.7. The Hall–Kier alpha value is -3.96. The number of nitrogens with zero attached hydrogens (tertiary/aromatic N) is 4. The number of amides is 2. The number of nitrogens with one attached hydrogen (secondary N) is 2. The van der Waals surface area contributed by atoms with Crippen LogP contribution in [-0.2, 0) is 6.18 Å². The topological polar surface area (TPSA) is 111 Å². The Morgan fingerprint density at radius 1 is 1.03 bits per heavy atom. The third-order valence-corrected chi connectivity index (χ3v) is 4.02. The van der Waals surface area contributed by atoms with Crippen molar-refractivity contribution in [3.63, 3.8) is 0 Å². The number of ether oxygens (including phenoxy) is 1. The minimum absolute atomic E-state index is 0.0230. The number of aromatic nitrogens is 4. The van der Waals surface area contributed by atoms with Crippen molar-refractivity contribution in [1.29, 1.82) is 0 Å². The van der Waals surface area contributed by atoms with Gasteiger partial charge in [0, 0.05) is 31.7 Å². The predicted molar refractivity (Wildman–Crippen MR) is 102 cm³/mol. The number of carbonyl (C=O) groups is 2. The fourth-order valence-corrected chi connectivity index (χ4v) is 2.55. The molecule has 1 aromatic carbocycles. The maximum absolute atomic E-state index is 13.3. The first-order valence-corrected chi connectivity index (χ1v) is 8.94. The van der Waals surface area contributed by atoms with Gasteiger partial charge < -0.3 is 15.4 Å². The monoisotopic (exact) mass is 434 g/mol. The van der Waals surface area contributed by atoms with E-state index in [2.05, 4.69) is 25.7 Å². The number of alkyl halides is 3. The average Bonchev–Trinajstić information content (AvgIpc) is 3.23. The Morgan fingerprint density at radius 2 is 1.65 bits per heavy atom. The van der Waals surface area contributed by atoms with Crippen LogP contribution >= 0.6 is 0 Å². The molecule has 2 amide bonds. The highest BCUT2D eigenvalue weighted by molar-refractivity contribution is 5.95. The van der Waals surface area contributed by atoms with Gasteiger partial charge in [-0.3, -0.25) is 9.59 Å². The van der Waals surface area contributed by atoms with Gasteiger partial charge in [0.05, 0.1) is 23.9 Å². The van der Waals surface area contributed by atoms with Gasteiger partial charge in [-0.15, -0.1) is 0 Å². The molecule has 0 atom stereocenters. The highest BCUT2D eigenvalue weighted by Gasteiger charge is 2.39. The second-order valence-electron chi connectivity index (χ2n) is 6.14. The predicted octanol–water partition coefficient (Wildman–Crippen LogP) is 1.85. The van der Waals surface area contributed by atoms with Crippen LogP contribution in [0.5, 0.6) is 6.01 Å². The maximum atomic E-state index is 13.3. The quantitative estimate of drug-likeness (QED) is 0.549. The molecule has 9 nitrogen and oxygen atoms in total. The van der Waals surface area contributed by atoms with Gasteiger partial charge in [0.25, 0.3) is 11.8 Å². The second kappa shape index (κ2) is 9.24. The molecule has 0 saturated carbocycles. The summed E-state index contributed by atoms with van der Waals surface area (Å²) in [4.78, 5) is 31.9. The molecule has 0 aliphatic carbocycles. The van der Waals surface area contributed by atoms with Crippen LogP contribution in [0.3, 0.4) is 0 Å². The molecule has 0 radical (unpaired) electrons. The van der Waals surface area contributed by atoms with Gasteiger partial charge in [-0.2, -0.15) is 18.3 Å². The van der Waals surface area contributed by atoms with Crippen molar-refractivity contribution in [3.05, 3.63) is 65.7 Å². The second-order valence-corrected chi connectivity index (χ2v) is 6.14. The van der Waals surface area contributed by atoms with Gasteiger partial charge in [0.1, 0.15) is 0 Å². The molecule has 0 fully saturated rings. The molecule has 3 aromatic rings. The smallest absolute Gasteiger partial charge is 0.435 e. The summed E-state index contributed by atoms with van der Waals surface area (Å²) in [5, 5.41) is 8.36. The number of rotatable bonds is 7. The van der Waals surface area contributed by atoms with Crippen molar-refractivity contribution in [2.45, 2.75) is 6.18 Å². The van der Waals surface area contributed by atoms with E-state index >= 15 is 0 Å². The lowest BCUT2D eigenvalue weighted by atomic mass is 10.2. The molecule has 31 heavy (non-hydrogen) atoms. The van der Waals surface area contributed by atoms with Crippen molar-refractivity contribution in [1.82, 2.24) is 30.4 Å². The molecule has 0 unspecified atom stereocenters. The first-order chi connectivity index (χ1) is 14.8. The number of methoxy groups -OCH3 is 1. The van der Waals surface area contributed by atoms with Gasteiger partial charge in [-0.25, -0.2) is 14.6 Å². The van der Waals surface area contributed by atoms with Crippen molar-refractivity contribution in [3.8, 4) is 11.7 Å². The third kappa shape index (κ3) is 5.35. The van der Waals surface area contributed by atoms with Gasteiger partial charge in [-0.1, -0.05) is 18.2 Å². The van der Waals surface area contributed by atoms with Crippen molar-refractivity contribution in [2.75, 3.05) is 20.2 Å². The summed E-state index contributed by atoms with van der Waals surface area (Å²) in [6.45, 7) is -0.125. The van der Waals surface area contributed by atoms with E-state index in [1.54, 1.807) is 30.3 Å². The van der Waals surface area contributed by atoms with Crippen LogP contribution in [0.1, 0.15) is 26.4 Å². The minimum Gasteiger partial charge on any atom is -0.467 e. The number of hydrogen-bond acceptors (Lipinski definition) is 6. The van der Waals surface area contributed by atoms with E-state index in [1.165, 1.54) is 19.5 Å². The lowest BCUT2D eigenvalue weighted by Gasteiger charge is -2.08. The number of para-hydroxylation sites is 1. The van der Waals surface area contributed by atoms with Crippen LogP contribution in [0, 0.1) is 0 Å². The Labute approximate surface area is 174 Å². The molecule has 2 heterocycles. The Kier molecular flexibility index (Phi) is 6.48. The summed E-state index contributed by atoms with van der Waals surface area (Å²) in [6.07, 6.45) is -1.28. The van der Waals surface area contributed by atoms with Gasteiger partial charge in [0.15, 0.2) is 5.69 Å². The number of hydrogen-bond donors (Lipinski definition) is 2. The molecule has 0 aliphatic rings. The average molecular weight is 434 g/mol. The molecular formula is C19H17F3N6O3. The zero-order chi connectivity index (χ0) is 22.4. The van der Waals surface area contributed by atoms with Gasteiger partial charge in [0.2, 0.25) is 0 Å². The lowest BCUT2D eigenvalue weighted by molar-refractivity contribution is -0.141. The van der Waals surface area contributed by atoms with E-state index in [0.717, 1.165) is 10.9 Å². The fourth-order valence-electron chi connectivity index (χ4n) is 2.55. The Bertz CT molecular complexity index is 1050. The number of halogens is 3. The summed E-state index contributed by atoms with van der Waals surface area (Å²) >= 11 is 0. The summed E-state index contributed by atoms with van der Waals surface area (Å²) < 4.78 is 45.8. The molecule has 162 valence electrons. The summed E-state index contributed by atoms with van der Waals surface area (Å²) in [5.74, 6) is -1.47. The molecule has 12 heteroatoms. The van der Waals surface area contributed by atoms with Crippen molar-refractivity contribution < 1.29 is 27.5 Å². The Balaban J connectivity index is 1.62. The zero-order valence-corrected chi connectivity index (χ0v) is 16.2. The Morgan fingerprint density at radius 3 is 2.23 bits per heavy atom. The highest BCUT2D eigenvalue weighted by Crippen LogP contribution is 2.31. The molecule has 2 aromatic heterocycles. The van der Waals surface area contributed by atoms with E-state index in [1.807, 2.05) is 0 Å². The summed E-state index contributed by atoms with van der Waals surface area (Å²) in [7, 11) is 1.38. The van der Waals surface area contributed by atoms with Crippen LogP contribution in [0.25, 0.3) is 5.69 Å². The number of benzene rings is 1. The normalized spacial score (nSPS) is 11.1. The van der Waals surface area contributed by atoms with Crippen LogP contribution < -0.4 is 15.4 Å². The minimum atomic E-state index is -4.81. The summed E-state index contributed by atoms with van der Waals surface area (Å²) in [6, 6.07) is 8.21.